The van der Waals surface area contributed by atoms with Crippen molar-refractivity contribution in [3.63, 3.8) is 0 Å². The van der Waals surface area contributed by atoms with Crippen molar-refractivity contribution < 1.29 is 23.7 Å². The first kappa shape index (κ1) is 13.5. The number of aldehydes is 1. The van der Waals surface area contributed by atoms with Crippen molar-refractivity contribution in [2.75, 3.05) is 13.7 Å². The third kappa shape index (κ3) is 2.53. The van der Waals surface area contributed by atoms with Crippen LogP contribution in [0.2, 0.25) is 0 Å². The van der Waals surface area contributed by atoms with Gasteiger partial charge in [0.1, 0.15) is 18.5 Å². The molecule has 0 saturated carbocycles. The summed E-state index contributed by atoms with van der Waals surface area (Å²) in [6, 6.07) is 9.62. The Labute approximate surface area is 117 Å². The van der Waals surface area contributed by atoms with Gasteiger partial charge in [0.25, 0.3) is 0 Å². The molecule has 5 heteroatoms. The highest BCUT2D eigenvalue weighted by atomic mass is 16.7. The molecule has 0 aromatic heterocycles. The topological polar surface area (TPSA) is 54.0 Å². The molecule has 4 atom stereocenters. The summed E-state index contributed by atoms with van der Waals surface area (Å²) in [6.45, 7) is 0.356. The van der Waals surface area contributed by atoms with Gasteiger partial charge in [0.2, 0.25) is 0 Å². The molecule has 0 spiro atoms. The fourth-order valence-corrected chi connectivity index (χ4v) is 2.41. The Balaban J connectivity index is 1.81. The van der Waals surface area contributed by atoms with E-state index in [-0.39, 0.29) is 6.10 Å². The first-order valence-corrected chi connectivity index (χ1v) is 6.49. The fourth-order valence-electron chi connectivity index (χ4n) is 2.41. The number of methoxy groups -OCH3 is 1. The standard InChI is InChI=1S/C15H16O5/c1-17-13-7-11(8-16)14-12(19-13)9-18-15(20-14)10-5-3-2-4-6-10/h2-8,12-15H,9H2,1H3/t12-,13+,14+,15?/m1/s1. The van der Waals surface area contributed by atoms with E-state index in [1.165, 1.54) is 7.11 Å². The lowest BCUT2D eigenvalue weighted by Gasteiger charge is -2.40. The maximum atomic E-state index is 11.2. The molecule has 106 valence electrons. The molecular formula is C15H16O5. The number of carbonyl (C=O) groups is 1. The fraction of sp³-hybridized carbons (Fsp3) is 0.400. The molecule has 20 heavy (non-hydrogen) atoms. The van der Waals surface area contributed by atoms with Crippen LogP contribution in [0.3, 0.4) is 0 Å². The SMILES string of the molecule is CO[C@@H]1C=C(C=O)[C@@H]2OC(c3ccccc3)OC[C@H]2O1. The van der Waals surface area contributed by atoms with E-state index >= 15 is 0 Å². The second-order valence-corrected chi connectivity index (χ2v) is 4.70. The van der Waals surface area contributed by atoms with Gasteiger partial charge in [-0.3, -0.25) is 4.79 Å². The first-order chi connectivity index (χ1) is 9.81. The molecule has 1 aromatic rings. The monoisotopic (exact) mass is 276 g/mol. The van der Waals surface area contributed by atoms with Gasteiger partial charge in [0.05, 0.1) is 6.61 Å². The lowest BCUT2D eigenvalue weighted by molar-refractivity contribution is -0.283. The van der Waals surface area contributed by atoms with Gasteiger partial charge in [0.15, 0.2) is 12.6 Å². The van der Waals surface area contributed by atoms with E-state index in [2.05, 4.69) is 0 Å². The number of benzene rings is 1. The molecule has 2 heterocycles. The van der Waals surface area contributed by atoms with Crippen LogP contribution < -0.4 is 0 Å². The minimum Gasteiger partial charge on any atom is -0.352 e. The van der Waals surface area contributed by atoms with Crippen LogP contribution in [0.4, 0.5) is 0 Å². The Bertz CT molecular complexity index is 498. The van der Waals surface area contributed by atoms with Gasteiger partial charge in [-0.15, -0.1) is 0 Å². The minimum absolute atomic E-state index is 0.329. The third-order valence-electron chi connectivity index (χ3n) is 3.43. The summed E-state index contributed by atoms with van der Waals surface area (Å²) in [7, 11) is 1.53. The van der Waals surface area contributed by atoms with Crippen LogP contribution >= 0.6 is 0 Å². The zero-order valence-corrected chi connectivity index (χ0v) is 11.1. The number of hydrogen-bond acceptors (Lipinski definition) is 5. The van der Waals surface area contributed by atoms with Crippen LogP contribution in [0.1, 0.15) is 11.9 Å². The quantitative estimate of drug-likeness (QED) is 0.785. The van der Waals surface area contributed by atoms with E-state index in [4.69, 9.17) is 18.9 Å². The van der Waals surface area contributed by atoms with Crippen molar-refractivity contribution in [1.82, 2.24) is 0 Å². The largest absolute Gasteiger partial charge is 0.352 e. The zero-order valence-electron chi connectivity index (χ0n) is 11.1. The maximum absolute atomic E-state index is 11.2. The Hall–Kier alpha value is -1.53. The average Bonchev–Trinajstić information content (AvgIpc) is 2.54. The van der Waals surface area contributed by atoms with Crippen molar-refractivity contribution >= 4 is 6.29 Å². The van der Waals surface area contributed by atoms with E-state index in [9.17, 15) is 4.79 Å². The molecule has 0 amide bonds. The van der Waals surface area contributed by atoms with E-state index in [1.54, 1.807) is 6.08 Å². The molecule has 2 aliphatic rings. The summed E-state index contributed by atoms with van der Waals surface area (Å²) in [4.78, 5) is 11.2. The molecule has 1 fully saturated rings. The van der Waals surface area contributed by atoms with Gasteiger partial charge in [-0.1, -0.05) is 30.3 Å². The Morgan fingerprint density at radius 2 is 2.05 bits per heavy atom. The van der Waals surface area contributed by atoms with Gasteiger partial charge in [0, 0.05) is 18.2 Å². The number of hydrogen-bond donors (Lipinski definition) is 0. The van der Waals surface area contributed by atoms with Crippen molar-refractivity contribution in [2.45, 2.75) is 24.8 Å². The zero-order chi connectivity index (χ0) is 13.9. The summed E-state index contributed by atoms with van der Waals surface area (Å²) in [6.07, 6.45) is 0.671. The van der Waals surface area contributed by atoms with Crippen molar-refractivity contribution in [1.29, 1.82) is 0 Å². The van der Waals surface area contributed by atoms with Crippen LogP contribution in [0.5, 0.6) is 0 Å². The van der Waals surface area contributed by atoms with Gasteiger partial charge in [-0.25, -0.2) is 0 Å². The van der Waals surface area contributed by atoms with Gasteiger partial charge in [-0.05, 0) is 6.08 Å². The van der Waals surface area contributed by atoms with E-state index < -0.39 is 18.7 Å². The van der Waals surface area contributed by atoms with Crippen LogP contribution in [-0.4, -0.2) is 38.5 Å². The lowest BCUT2D eigenvalue weighted by atomic mass is 10.0. The highest BCUT2D eigenvalue weighted by Crippen LogP contribution is 2.33. The normalized spacial score (nSPS) is 33.1. The molecular weight excluding hydrogens is 260 g/mol. The molecule has 0 aliphatic carbocycles. The van der Waals surface area contributed by atoms with E-state index in [1.807, 2.05) is 30.3 Å². The molecule has 0 N–H and O–H groups in total. The van der Waals surface area contributed by atoms with Crippen LogP contribution in [0.25, 0.3) is 0 Å². The number of ether oxygens (including phenoxy) is 4. The van der Waals surface area contributed by atoms with Gasteiger partial charge in [-0.2, -0.15) is 0 Å². The Morgan fingerprint density at radius 1 is 1.25 bits per heavy atom. The molecule has 1 aromatic carbocycles. The molecule has 2 aliphatic heterocycles. The number of rotatable bonds is 3. The molecule has 0 bridgehead atoms. The van der Waals surface area contributed by atoms with Crippen molar-refractivity contribution in [3.8, 4) is 0 Å². The smallest absolute Gasteiger partial charge is 0.184 e. The molecule has 1 unspecified atom stereocenters. The summed E-state index contributed by atoms with van der Waals surface area (Å²) in [5.41, 5.74) is 1.46. The third-order valence-corrected chi connectivity index (χ3v) is 3.43. The molecule has 5 nitrogen and oxygen atoms in total. The summed E-state index contributed by atoms with van der Waals surface area (Å²) >= 11 is 0. The van der Waals surface area contributed by atoms with Crippen LogP contribution in [0, 0.1) is 0 Å². The summed E-state index contributed by atoms with van der Waals surface area (Å²) in [5.74, 6) is 0. The van der Waals surface area contributed by atoms with Crippen molar-refractivity contribution in [2.24, 2.45) is 0 Å². The maximum Gasteiger partial charge on any atom is 0.184 e. The van der Waals surface area contributed by atoms with Gasteiger partial charge < -0.3 is 18.9 Å². The first-order valence-electron chi connectivity index (χ1n) is 6.49. The second-order valence-electron chi connectivity index (χ2n) is 4.70. The van der Waals surface area contributed by atoms with Crippen molar-refractivity contribution in [3.05, 3.63) is 47.5 Å². The molecule has 0 radical (unpaired) electrons. The molecule has 3 rings (SSSR count). The molecule has 1 saturated heterocycles. The average molecular weight is 276 g/mol. The predicted octanol–water partition coefficient (Wildman–Crippen LogP) is 1.60. The van der Waals surface area contributed by atoms with Crippen LogP contribution in [0.15, 0.2) is 42.0 Å². The van der Waals surface area contributed by atoms with E-state index in [0.29, 0.717) is 12.2 Å². The highest BCUT2D eigenvalue weighted by molar-refractivity contribution is 5.75. The lowest BCUT2D eigenvalue weighted by Crippen LogP contribution is -2.48. The predicted molar refractivity (Wildman–Crippen MR) is 69.8 cm³/mol. The van der Waals surface area contributed by atoms with Gasteiger partial charge >= 0.3 is 0 Å². The highest BCUT2D eigenvalue weighted by Gasteiger charge is 2.40. The Kier molecular flexibility index (Phi) is 3.93. The van der Waals surface area contributed by atoms with E-state index in [0.717, 1.165) is 11.8 Å². The second kappa shape index (κ2) is 5.85. The summed E-state index contributed by atoms with van der Waals surface area (Å²) < 4.78 is 22.3. The Morgan fingerprint density at radius 3 is 2.75 bits per heavy atom. The number of carbonyl (C=O) groups excluding carboxylic acids is 1. The summed E-state index contributed by atoms with van der Waals surface area (Å²) in [5, 5.41) is 0. The van der Waals surface area contributed by atoms with Crippen LogP contribution in [-0.2, 0) is 23.7 Å². The number of fused-ring (bicyclic) bond motifs is 1. The minimum atomic E-state index is -0.531.